The number of amides is 1. The number of hydrogen-bond donors (Lipinski definition) is 1. The molecule has 1 amide bonds. The molecular weight excluding hydrogens is 320 g/mol. The molecule has 6 heteroatoms. The van der Waals surface area contributed by atoms with Crippen molar-refractivity contribution in [3.63, 3.8) is 0 Å². The highest BCUT2D eigenvalue weighted by atomic mass is 16.5. The van der Waals surface area contributed by atoms with E-state index in [4.69, 9.17) is 9.47 Å². The molecule has 1 aliphatic heterocycles. The zero-order valence-electron chi connectivity index (χ0n) is 14.4. The Morgan fingerprint density at radius 2 is 1.96 bits per heavy atom. The van der Waals surface area contributed by atoms with Gasteiger partial charge in [0.1, 0.15) is 17.2 Å². The Bertz CT molecular complexity index is 832. The van der Waals surface area contributed by atoms with E-state index < -0.39 is 0 Å². The minimum absolute atomic E-state index is 0.150. The van der Waals surface area contributed by atoms with E-state index in [0.29, 0.717) is 23.5 Å². The summed E-state index contributed by atoms with van der Waals surface area (Å²) in [7, 11) is 3.17. The van der Waals surface area contributed by atoms with Gasteiger partial charge in [-0.3, -0.25) is 4.79 Å². The number of para-hydroxylation sites is 1. The van der Waals surface area contributed by atoms with Crippen molar-refractivity contribution in [2.75, 3.05) is 14.2 Å². The molecule has 1 heterocycles. The van der Waals surface area contributed by atoms with Crippen LogP contribution in [0.4, 0.5) is 0 Å². The van der Waals surface area contributed by atoms with Crippen LogP contribution in [0.25, 0.3) is 0 Å². The molecule has 6 nitrogen and oxygen atoms in total. The van der Waals surface area contributed by atoms with E-state index in [0.717, 1.165) is 11.3 Å². The smallest absolute Gasteiger partial charge is 0.240 e. The van der Waals surface area contributed by atoms with Crippen LogP contribution >= 0.6 is 0 Å². The standard InChI is InChI=1S/C19H20N2O4/c1-12(22)21-17(15-6-4-5-7-18(15)23)11-16(20-21)14-9-8-13(24-2)10-19(14)25-3/h4-10,17,23H,11H2,1-3H3/t17-/m1/s1. The molecule has 130 valence electrons. The first-order chi connectivity index (χ1) is 12.0. The fourth-order valence-electron chi connectivity index (χ4n) is 3.01. The fraction of sp³-hybridized carbons (Fsp3) is 0.263. The second kappa shape index (κ2) is 6.84. The van der Waals surface area contributed by atoms with Gasteiger partial charge in [-0.1, -0.05) is 18.2 Å². The Labute approximate surface area is 146 Å². The van der Waals surface area contributed by atoms with Gasteiger partial charge in [0.05, 0.1) is 26.0 Å². The average molecular weight is 340 g/mol. The van der Waals surface area contributed by atoms with E-state index in [9.17, 15) is 9.90 Å². The van der Waals surface area contributed by atoms with E-state index in [1.165, 1.54) is 11.9 Å². The number of hydrogen-bond acceptors (Lipinski definition) is 5. The zero-order chi connectivity index (χ0) is 18.0. The highest BCUT2D eigenvalue weighted by Crippen LogP contribution is 2.38. The van der Waals surface area contributed by atoms with Crippen LogP contribution in [0.5, 0.6) is 17.2 Å². The molecule has 2 aromatic carbocycles. The number of phenols is 1. The number of rotatable bonds is 4. The second-order valence-electron chi connectivity index (χ2n) is 5.76. The van der Waals surface area contributed by atoms with Crippen molar-refractivity contribution in [3.05, 3.63) is 53.6 Å². The zero-order valence-corrected chi connectivity index (χ0v) is 14.4. The summed E-state index contributed by atoms with van der Waals surface area (Å²) in [5.41, 5.74) is 2.19. The molecule has 0 radical (unpaired) electrons. The summed E-state index contributed by atoms with van der Waals surface area (Å²) in [5.74, 6) is 1.27. The van der Waals surface area contributed by atoms with Crippen molar-refractivity contribution >= 4 is 11.6 Å². The Hall–Kier alpha value is -3.02. The van der Waals surface area contributed by atoms with Gasteiger partial charge in [0.25, 0.3) is 0 Å². The van der Waals surface area contributed by atoms with Gasteiger partial charge in [0.15, 0.2) is 0 Å². The highest BCUT2D eigenvalue weighted by Gasteiger charge is 2.33. The maximum absolute atomic E-state index is 12.1. The van der Waals surface area contributed by atoms with Gasteiger partial charge in [-0.2, -0.15) is 5.10 Å². The van der Waals surface area contributed by atoms with Crippen LogP contribution in [0, 0.1) is 0 Å². The lowest BCUT2D eigenvalue weighted by Gasteiger charge is -2.21. The number of aromatic hydroxyl groups is 1. The highest BCUT2D eigenvalue weighted by molar-refractivity contribution is 6.05. The largest absolute Gasteiger partial charge is 0.508 e. The number of phenolic OH excluding ortho intramolecular Hbond substituents is 1. The van der Waals surface area contributed by atoms with Gasteiger partial charge in [0.2, 0.25) is 5.91 Å². The number of methoxy groups -OCH3 is 2. The van der Waals surface area contributed by atoms with Crippen LogP contribution in [-0.4, -0.2) is 36.0 Å². The summed E-state index contributed by atoms with van der Waals surface area (Å²) in [4.78, 5) is 12.1. The molecular formula is C19H20N2O4. The Morgan fingerprint density at radius 3 is 2.60 bits per heavy atom. The van der Waals surface area contributed by atoms with E-state index in [1.807, 2.05) is 18.2 Å². The van der Waals surface area contributed by atoms with Gasteiger partial charge in [-0.05, 0) is 18.2 Å². The van der Waals surface area contributed by atoms with E-state index >= 15 is 0 Å². The predicted molar refractivity (Wildman–Crippen MR) is 94.1 cm³/mol. The summed E-state index contributed by atoms with van der Waals surface area (Å²) in [6.07, 6.45) is 0.486. The third kappa shape index (κ3) is 3.15. The molecule has 2 aromatic rings. The number of carbonyl (C=O) groups excluding carboxylic acids is 1. The lowest BCUT2D eigenvalue weighted by molar-refractivity contribution is -0.130. The van der Waals surface area contributed by atoms with Gasteiger partial charge >= 0.3 is 0 Å². The Kier molecular flexibility index (Phi) is 4.61. The summed E-state index contributed by atoms with van der Waals surface area (Å²) in [6, 6.07) is 12.1. The summed E-state index contributed by atoms with van der Waals surface area (Å²) in [5, 5.41) is 16.1. The van der Waals surface area contributed by atoms with Crippen molar-refractivity contribution in [2.45, 2.75) is 19.4 Å². The molecule has 0 saturated carbocycles. The number of hydrazone groups is 1. The molecule has 0 aromatic heterocycles. The first kappa shape index (κ1) is 16.8. The second-order valence-corrected chi connectivity index (χ2v) is 5.76. The normalized spacial score (nSPS) is 16.5. The molecule has 0 saturated heterocycles. The maximum Gasteiger partial charge on any atom is 0.240 e. The third-order valence-corrected chi connectivity index (χ3v) is 4.25. The number of ether oxygens (including phenoxy) is 2. The van der Waals surface area contributed by atoms with Gasteiger partial charge in [-0.15, -0.1) is 0 Å². The van der Waals surface area contributed by atoms with Crippen LogP contribution in [0.1, 0.15) is 30.5 Å². The first-order valence-corrected chi connectivity index (χ1v) is 7.92. The monoisotopic (exact) mass is 340 g/mol. The molecule has 3 rings (SSSR count). The summed E-state index contributed by atoms with van der Waals surface area (Å²) >= 11 is 0. The maximum atomic E-state index is 12.1. The average Bonchev–Trinajstić information content (AvgIpc) is 3.06. The molecule has 25 heavy (non-hydrogen) atoms. The van der Waals surface area contributed by atoms with Gasteiger partial charge in [0, 0.05) is 30.5 Å². The van der Waals surface area contributed by atoms with Crippen LogP contribution in [0.2, 0.25) is 0 Å². The topological polar surface area (TPSA) is 71.4 Å². The molecule has 0 bridgehead atoms. The van der Waals surface area contributed by atoms with Crippen molar-refractivity contribution in [3.8, 4) is 17.2 Å². The first-order valence-electron chi connectivity index (χ1n) is 7.92. The molecule has 1 N–H and O–H groups in total. The summed E-state index contributed by atoms with van der Waals surface area (Å²) < 4.78 is 10.7. The van der Waals surface area contributed by atoms with Crippen molar-refractivity contribution in [2.24, 2.45) is 5.10 Å². The predicted octanol–water partition coefficient (Wildman–Crippen LogP) is 3.11. The third-order valence-electron chi connectivity index (χ3n) is 4.25. The van der Waals surface area contributed by atoms with Crippen LogP contribution in [0.15, 0.2) is 47.6 Å². The van der Waals surface area contributed by atoms with E-state index in [-0.39, 0.29) is 17.7 Å². The number of benzene rings is 2. The molecule has 0 fully saturated rings. The van der Waals surface area contributed by atoms with Crippen molar-refractivity contribution < 1.29 is 19.4 Å². The van der Waals surface area contributed by atoms with Crippen LogP contribution in [0.3, 0.4) is 0 Å². The Balaban J connectivity index is 2.01. The minimum Gasteiger partial charge on any atom is -0.508 e. The SMILES string of the molecule is COc1ccc(C2=NN(C(C)=O)[C@@H](c3ccccc3O)C2)c(OC)c1. The van der Waals surface area contributed by atoms with E-state index in [1.54, 1.807) is 38.5 Å². The van der Waals surface area contributed by atoms with Crippen molar-refractivity contribution in [1.29, 1.82) is 0 Å². The summed E-state index contributed by atoms with van der Waals surface area (Å²) in [6.45, 7) is 1.46. The molecule has 1 aliphatic rings. The lowest BCUT2D eigenvalue weighted by atomic mass is 9.97. The molecule has 1 atom stereocenters. The van der Waals surface area contributed by atoms with Crippen molar-refractivity contribution in [1.82, 2.24) is 5.01 Å². The Morgan fingerprint density at radius 1 is 1.20 bits per heavy atom. The molecule has 0 aliphatic carbocycles. The van der Waals surface area contributed by atoms with Gasteiger partial charge in [-0.25, -0.2) is 5.01 Å². The number of nitrogens with zero attached hydrogens (tertiary/aromatic N) is 2. The van der Waals surface area contributed by atoms with E-state index in [2.05, 4.69) is 5.10 Å². The molecule has 0 unspecified atom stereocenters. The van der Waals surface area contributed by atoms with Crippen LogP contribution in [-0.2, 0) is 4.79 Å². The fourth-order valence-corrected chi connectivity index (χ4v) is 3.01. The number of carbonyl (C=O) groups is 1. The quantitative estimate of drug-likeness (QED) is 0.928. The van der Waals surface area contributed by atoms with Crippen LogP contribution < -0.4 is 9.47 Å². The lowest BCUT2D eigenvalue weighted by Crippen LogP contribution is -2.24. The minimum atomic E-state index is -0.347. The molecule has 0 spiro atoms. The van der Waals surface area contributed by atoms with Gasteiger partial charge < -0.3 is 14.6 Å².